The number of amides is 2. The van der Waals surface area contributed by atoms with E-state index in [1.807, 2.05) is 38.1 Å². The summed E-state index contributed by atoms with van der Waals surface area (Å²) in [5.74, 6) is -0.257. The zero-order valence-electron chi connectivity index (χ0n) is 13.6. The lowest BCUT2D eigenvalue weighted by molar-refractivity contribution is -0.119. The predicted molar refractivity (Wildman–Crippen MR) is 101 cm³/mol. The smallest absolute Gasteiger partial charge is 0.243 e. The van der Waals surface area contributed by atoms with Crippen LogP contribution < -0.4 is 16.0 Å². The molecule has 2 aromatic rings. The van der Waals surface area contributed by atoms with Crippen LogP contribution in [0, 0.1) is 5.92 Å². The molecule has 2 aromatic carbocycles. The topological polar surface area (TPSA) is 70.2 Å². The van der Waals surface area contributed by atoms with Gasteiger partial charge in [0, 0.05) is 27.5 Å². The van der Waals surface area contributed by atoms with Crippen LogP contribution in [0.25, 0.3) is 0 Å². The highest BCUT2D eigenvalue weighted by Gasteiger charge is 2.07. The van der Waals surface area contributed by atoms with Crippen LogP contribution in [0.2, 0.25) is 0 Å². The molecule has 0 spiro atoms. The van der Waals surface area contributed by atoms with Crippen LogP contribution in [0.1, 0.15) is 13.8 Å². The van der Waals surface area contributed by atoms with Gasteiger partial charge in [0.1, 0.15) is 0 Å². The third kappa shape index (κ3) is 5.70. The highest BCUT2D eigenvalue weighted by molar-refractivity contribution is 9.10. The van der Waals surface area contributed by atoms with Crippen LogP contribution in [0.4, 0.5) is 17.1 Å². The summed E-state index contributed by atoms with van der Waals surface area (Å²) in [6.07, 6.45) is 0. The molecule has 0 aliphatic carbocycles. The molecule has 0 saturated heterocycles. The van der Waals surface area contributed by atoms with Gasteiger partial charge in [0.05, 0.1) is 6.54 Å². The average Bonchev–Trinajstić information content (AvgIpc) is 2.55. The second-order valence-electron chi connectivity index (χ2n) is 5.63. The third-order valence-electron chi connectivity index (χ3n) is 3.24. The van der Waals surface area contributed by atoms with E-state index in [2.05, 4.69) is 31.9 Å². The lowest BCUT2D eigenvalue weighted by Crippen LogP contribution is -2.21. The zero-order chi connectivity index (χ0) is 17.5. The van der Waals surface area contributed by atoms with Gasteiger partial charge in [0.25, 0.3) is 0 Å². The summed E-state index contributed by atoms with van der Waals surface area (Å²) in [5.41, 5.74) is 2.25. The van der Waals surface area contributed by atoms with Gasteiger partial charge in [-0.2, -0.15) is 0 Å². The van der Waals surface area contributed by atoms with E-state index < -0.39 is 0 Å². The summed E-state index contributed by atoms with van der Waals surface area (Å²) < 4.78 is 0.951. The van der Waals surface area contributed by atoms with Gasteiger partial charge < -0.3 is 16.0 Å². The molecular formula is C18H20BrN3O2. The summed E-state index contributed by atoms with van der Waals surface area (Å²) in [7, 11) is 0. The fourth-order valence-electron chi connectivity index (χ4n) is 1.91. The van der Waals surface area contributed by atoms with Crippen molar-refractivity contribution in [3.05, 3.63) is 53.0 Å². The molecule has 0 aliphatic rings. The number of rotatable bonds is 6. The molecule has 24 heavy (non-hydrogen) atoms. The van der Waals surface area contributed by atoms with E-state index in [0.717, 1.165) is 10.2 Å². The van der Waals surface area contributed by atoms with Crippen molar-refractivity contribution in [2.75, 3.05) is 22.5 Å². The number of nitrogens with one attached hydrogen (secondary N) is 3. The van der Waals surface area contributed by atoms with E-state index in [1.165, 1.54) is 0 Å². The van der Waals surface area contributed by atoms with Gasteiger partial charge in [0.15, 0.2) is 0 Å². The Hall–Kier alpha value is -2.34. The predicted octanol–water partition coefficient (Wildman–Crippen LogP) is 4.09. The molecule has 3 N–H and O–H groups in total. The van der Waals surface area contributed by atoms with E-state index in [4.69, 9.17) is 0 Å². The molecule has 0 radical (unpaired) electrons. The van der Waals surface area contributed by atoms with Crippen LogP contribution in [0.5, 0.6) is 0 Å². The standard InChI is InChI=1S/C18H20BrN3O2/c1-12(2)18(24)22-15-8-6-14(7-9-15)21-17(23)11-20-16-5-3-4-13(19)10-16/h3-10,12,20H,11H2,1-2H3,(H,21,23)(H,22,24). The van der Waals surface area contributed by atoms with Gasteiger partial charge in [-0.05, 0) is 42.5 Å². The van der Waals surface area contributed by atoms with Crippen molar-refractivity contribution in [2.45, 2.75) is 13.8 Å². The molecule has 5 nitrogen and oxygen atoms in total. The quantitative estimate of drug-likeness (QED) is 0.696. The van der Waals surface area contributed by atoms with Gasteiger partial charge in [-0.1, -0.05) is 35.8 Å². The Labute approximate surface area is 150 Å². The van der Waals surface area contributed by atoms with Crippen LogP contribution in [0.15, 0.2) is 53.0 Å². The van der Waals surface area contributed by atoms with E-state index in [1.54, 1.807) is 24.3 Å². The molecular weight excluding hydrogens is 370 g/mol. The number of hydrogen-bond donors (Lipinski definition) is 3. The first-order chi connectivity index (χ1) is 11.4. The van der Waals surface area contributed by atoms with Crippen molar-refractivity contribution < 1.29 is 9.59 Å². The molecule has 0 atom stereocenters. The minimum atomic E-state index is -0.144. The Balaban J connectivity index is 1.84. The van der Waals surface area contributed by atoms with Crippen molar-refractivity contribution in [3.63, 3.8) is 0 Å². The van der Waals surface area contributed by atoms with Crippen molar-refractivity contribution in [1.82, 2.24) is 0 Å². The highest BCUT2D eigenvalue weighted by atomic mass is 79.9. The lowest BCUT2D eigenvalue weighted by atomic mass is 10.2. The number of anilines is 3. The summed E-state index contributed by atoms with van der Waals surface area (Å²) in [4.78, 5) is 23.6. The monoisotopic (exact) mass is 389 g/mol. The molecule has 0 aliphatic heterocycles. The summed E-state index contributed by atoms with van der Waals surface area (Å²) in [6, 6.07) is 14.7. The molecule has 6 heteroatoms. The largest absolute Gasteiger partial charge is 0.376 e. The normalized spacial score (nSPS) is 10.3. The molecule has 126 valence electrons. The Morgan fingerprint density at radius 1 is 0.958 bits per heavy atom. The van der Waals surface area contributed by atoms with Gasteiger partial charge in [-0.15, -0.1) is 0 Å². The number of carbonyl (C=O) groups excluding carboxylic acids is 2. The second kappa shape index (κ2) is 8.49. The fourth-order valence-corrected chi connectivity index (χ4v) is 2.31. The van der Waals surface area contributed by atoms with Crippen molar-refractivity contribution >= 4 is 44.8 Å². The summed E-state index contributed by atoms with van der Waals surface area (Å²) in [6.45, 7) is 3.84. The first kappa shape index (κ1) is 18.0. The SMILES string of the molecule is CC(C)C(=O)Nc1ccc(NC(=O)CNc2cccc(Br)c2)cc1. The van der Waals surface area contributed by atoms with Crippen LogP contribution in [-0.4, -0.2) is 18.4 Å². The molecule has 0 bridgehead atoms. The van der Waals surface area contributed by atoms with E-state index in [9.17, 15) is 9.59 Å². The van der Waals surface area contributed by atoms with Crippen molar-refractivity contribution in [3.8, 4) is 0 Å². The first-order valence-corrected chi connectivity index (χ1v) is 8.43. The van der Waals surface area contributed by atoms with Crippen molar-refractivity contribution in [2.24, 2.45) is 5.92 Å². The Bertz CT molecular complexity index is 714. The molecule has 2 amide bonds. The number of hydrogen-bond acceptors (Lipinski definition) is 3. The molecule has 0 heterocycles. The second-order valence-corrected chi connectivity index (χ2v) is 6.55. The summed E-state index contributed by atoms with van der Waals surface area (Å²) >= 11 is 3.38. The van der Waals surface area contributed by atoms with Gasteiger partial charge >= 0.3 is 0 Å². The molecule has 0 saturated carbocycles. The van der Waals surface area contributed by atoms with Crippen LogP contribution in [0.3, 0.4) is 0 Å². The van der Waals surface area contributed by atoms with Gasteiger partial charge in [-0.3, -0.25) is 9.59 Å². The first-order valence-electron chi connectivity index (χ1n) is 7.64. The van der Waals surface area contributed by atoms with Crippen LogP contribution >= 0.6 is 15.9 Å². The average molecular weight is 390 g/mol. The molecule has 0 fully saturated rings. The van der Waals surface area contributed by atoms with Gasteiger partial charge in [0.2, 0.25) is 11.8 Å². The zero-order valence-corrected chi connectivity index (χ0v) is 15.2. The molecule has 2 rings (SSSR count). The van der Waals surface area contributed by atoms with Crippen molar-refractivity contribution in [1.29, 1.82) is 0 Å². The van der Waals surface area contributed by atoms with E-state index in [0.29, 0.717) is 11.4 Å². The summed E-state index contributed by atoms with van der Waals surface area (Å²) in [5, 5.41) is 8.67. The Morgan fingerprint density at radius 3 is 2.17 bits per heavy atom. The molecule has 0 unspecified atom stereocenters. The van der Waals surface area contributed by atoms with Crippen LogP contribution in [-0.2, 0) is 9.59 Å². The highest BCUT2D eigenvalue weighted by Crippen LogP contribution is 2.16. The van der Waals surface area contributed by atoms with E-state index in [-0.39, 0.29) is 24.3 Å². The third-order valence-corrected chi connectivity index (χ3v) is 3.73. The Kier molecular flexibility index (Phi) is 6.37. The number of halogens is 1. The minimum Gasteiger partial charge on any atom is -0.376 e. The maximum Gasteiger partial charge on any atom is 0.243 e. The lowest BCUT2D eigenvalue weighted by Gasteiger charge is -2.10. The fraction of sp³-hybridized carbons (Fsp3) is 0.222. The number of benzene rings is 2. The minimum absolute atomic E-state index is 0.0370. The maximum absolute atomic E-state index is 12.0. The number of carbonyl (C=O) groups is 2. The molecule has 0 aromatic heterocycles. The maximum atomic E-state index is 12.0. The Morgan fingerprint density at radius 2 is 1.58 bits per heavy atom. The van der Waals surface area contributed by atoms with E-state index >= 15 is 0 Å². The van der Waals surface area contributed by atoms with Gasteiger partial charge in [-0.25, -0.2) is 0 Å².